The van der Waals surface area contributed by atoms with Gasteiger partial charge in [-0.15, -0.1) is 0 Å². The highest BCUT2D eigenvalue weighted by Gasteiger charge is 2.40. The Morgan fingerprint density at radius 3 is 2.12 bits per heavy atom. The molecular formula is C13H25NO2. The lowest BCUT2D eigenvalue weighted by molar-refractivity contribution is -0.142. The quantitative estimate of drug-likeness (QED) is 0.694. The predicted octanol–water partition coefficient (Wildman–Crippen LogP) is 2.59. The maximum atomic E-state index is 11.2. The van der Waals surface area contributed by atoms with E-state index in [1.54, 1.807) is 0 Å². The molecule has 3 heteroatoms. The van der Waals surface area contributed by atoms with Crippen LogP contribution >= 0.6 is 0 Å². The molecule has 1 aliphatic rings. The summed E-state index contributed by atoms with van der Waals surface area (Å²) in [5.41, 5.74) is 0.380. The van der Waals surface area contributed by atoms with Crippen LogP contribution in [0.3, 0.4) is 0 Å². The molecule has 0 N–H and O–H groups in total. The fourth-order valence-electron chi connectivity index (χ4n) is 2.95. The molecule has 1 aliphatic heterocycles. The molecule has 1 fully saturated rings. The van der Waals surface area contributed by atoms with Crippen molar-refractivity contribution in [1.29, 1.82) is 0 Å². The van der Waals surface area contributed by atoms with Crippen LogP contribution in [-0.4, -0.2) is 35.6 Å². The van der Waals surface area contributed by atoms with Crippen LogP contribution in [0.2, 0.25) is 0 Å². The van der Waals surface area contributed by atoms with Gasteiger partial charge in [-0.25, -0.2) is 0 Å². The van der Waals surface area contributed by atoms with Gasteiger partial charge >= 0.3 is 5.97 Å². The zero-order chi connectivity index (χ0) is 12.4. The normalized spacial score (nSPS) is 24.1. The van der Waals surface area contributed by atoms with Gasteiger partial charge in [0, 0.05) is 17.6 Å². The summed E-state index contributed by atoms with van der Waals surface area (Å²) in [5, 5.41) is 0. The third-order valence-electron chi connectivity index (χ3n) is 3.81. The fourth-order valence-corrected chi connectivity index (χ4v) is 2.95. The first-order chi connectivity index (χ1) is 7.29. The van der Waals surface area contributed by atoms with Gasteiger partial charge in [0.1, 0.15) is 0 Å². The number of likely N-dealkylation sites (tertiary alicyclic amines) is 1. The van der Waals surface area contributed by atoms with Crippen LogP contribution < -0.4 is 0 Å². The van der Waals surface area contributed by atoms with Crippen LogP contribution in [-0.2, 0) is 9.53 Å². The number of rotatable bonds is 3. The Morgan fingerprint density at radius 1 is 1.19 bits per heavy atom. The number of hydrogen-bond donors (Lipinski definition) is 0. The molecule has 0 bridgehead atoms. The molecule has 0 amide bonds. The third-order valence-corrected chi connectivity index (χ3v) is 3.81. The van der Waals surface area contributed by atoms with E-state index >= 15 is 0 Å². The molecule has 3 nitrogen and oxygen atoms in total. The molecule has 1 rings (SSSR count). The molecule has 0 aliphatic carbocycles. The second-order valence-corrected chi connectivity index (χ2v) is 5.96. The number of piperidine rings is 1. The average Bonchev–Trinajstić information content (AvgIpc) is 2.14. The van der Waals surface area contributed by atoms with Gasteiger partial charge in [-0.3, -0.25) is 9.69 Å². The highest BCUT2D eigenvalue weighted by Crippen LogP contribution is 2.37. The first-order valence-corrected chi connectivity index (χ1v) is 6.14. The largest absolute Gasteiger partial charge is 0.469 e. The minimum absolute atomic E-state index is 0.114. The van der Waals surface area contributed by atoms with Crippen molar-refractivity contribution in [3.05, 3.63) is 0 Å². The van der Waals surface area contributed by atoms with Crippen LogP contribution in [0.1, 0.15) is 53.4 Å². The Bertz CT molecular complexity index is 243. The Kier molecular flexibility index (Phi) is 4.00. The molecule has 0 saturated carbocycles. The SMILES string of the molecule is COC(=O)CCN1C(C)(C)CCCC1(C)C. The van der Waals surface area contributed by atoms with Crippen molar-refractivity contribution in [3.8, 4) is 0 Å². The molecule has 16 heavy (non-hydrogen) atoms. The molecule has 1 saturated heterocycles. The number of hydrogen-bond acceptors (Lipinski definition) is 3. The molecule has 0 atom stereocenters. The number of nitrogens with zero attached hydrogens (tertiary/aromatic N) is 1. The van der Waals surface area contributed by atoms with Gasteiger partial charge in [0.2, 0.25) is 0 Å². The highest BCUT2D eigenvalue weighted by molar-refractivity contribution is 5.69. The lowest BCUT2D eigenvalue weighted by atomic mass is 9.80. The van der Waals surface area contributed by atoms with Gasteiger partial charge in [-0.05, 0) is 47.0 Å². The fraction of sp³-hybridized carbons (Fsp3) is 0.923. The third kappa shape index (κ3) is 2.97. The smallest absolute Gasteiger partial charge is 0.306 e. The van der Waals surface area contributed by atoms with E-state index in [0.29, 0.717) is 6.42 Å². The zero-order valence-corrected chi connectivity index (χ0v) is 11.3. The predicted molar refractivity (Wildman–Crippen MR) is 65.3 cm³/mol. The number of ether oxygens (including phenoxy) is 1. The Hall–Kier alpha value is -0.570. The minimum Gasteiger partial charge on any atom is -0.469 e. The Balaban J connectivity index is 2.67. The topological polar surface area (TPSA) is 29.5 Å². The molecule has 0 aromatic heterocycles. The van der Waals surface area contributed by atoms with Crippen molar-refractivity contribution in [3.63, 3.8) is 0 Å². The van der Waals surface area contributed by atoms with Crippen molar-refractivity contribution >= 4 is 5.97 Å². The maximum absolute atomic E-state index is 11.2. The maximum Gasteiger partial charge on any atom is 0.306 e. The molecule has 0 aromatic carbocycles. The number of carbonyl (C=O) groups excluding carboxylic acids is 1. The lowest BCUT2D eigenvalue weighted by Crippen LogP contribution is -2.58. The molecule has 0 spiro atoms. The Labute approximate surface area is 99.1 Å². The molecular weight excluding hydrogens is 202 g/mol. The number of esters is 1. The highest BCUT2D eigenvalue weighted by atomic mass is 16.5. The standard InChI is InChI=1S/C13H25NO2/c1-12(2)8-6-9-13(3,4)14(12)10-7-11(15)16-5/h6-10H2,1-5H3. The van der Waals surface area contributed by atoms with E-state index in [-0.39, 0.29) is 17.0 Å². The molecule has 94 valence electrons. The van der Waals surface area contributed by atoms with Crippen LogP contribution in [0.5, 0.6) is 0 Å². The second-order valence-electron chi connectivity index (χ2n) is 5.96. The van der Waals surface area contributed by atoms with Crippen LogP contribution in [0.25, 0.3) is 0 Å². The first-order valence-electron chi connectivity index (χ1n) is 6.14. The lowest BCUT2D eigenvalue weighted by Gasteiger charge is -2.53. The molecule has 0 aromatic rings. The van der Waals surface area contributed by atoms with E-state index < -0.39 is 0 Å². The van der Waals surface area contributed by atoms with Gasteiger partial charge in [-0.2, -0.15) is 0 Å². The van der Waals surface area contributed by atoms with Crippen LogP contribution in [0, 0.1) is 0 Å². The summed E-state index contributed by atoms with van der Waals surface area (Å²) in [4.78, 5) is 13.7. The summed E-state index contributed by atoms with van der Waals surface area (Å²) in [6.45, 7) is 9.87. The van der Waals surface area contributed by atoms with E-state index in [1.807, 2.05) is 0 Å². The van der Waals surface area contributed by atoms with Crippen molar-refractivity contribution in [1.82, 2.24) is 4.90 Å². The van der Waals surface area contributed by atoms with E-state index in [9.17, 15) is 4.79 Å². The van der Waals surface area contributed by atoms with Crippen LogP contribution in [0.15, 0.2) is 0 Å². The van der Waals surface area contributed by atoms with Crippen molar-refractivity contribution in [2.45, 2.75) is 64.5 Å². The van der Waals surface area contributed by atoms with Gasteiger partial charge < -0.3 is 4.74 Å². The van der Waals surface area contributed by atoms with Crippen molar-refractivity contribution < 1.29 is 9.53 Å². The Morgan fingerprint density at radius 2 is 1.69 bits per heavy atom. The summed E-state index contributed by atoms with van der Waals surface area (Å²) in [7, 11) is 1.45. The second kappa shape index (κ2) is 4.74. The van der Waals surface area contributed by atoms with E-state index in [4.69, 9.17) is 4.74 Å². The minimum atomic E-state index is -0.114. The summed E-state index contributed by atoms with van der Waals surface area (Å²) in [6, 6.07) is 0. The van der Waals surface area contributed by atoms with Gasteiger partial charge in [-0.1, -0.05) is 0 Å². The van der Waals surface area contributed by atoms with E-state index in [1.165, 1.54) is 26.4 Å². The first kappa shape index (κ1) is 13.5. The average molecular weight is 227 g/mol. The summed E-state index contributed by atoms with van der Waals surface area (Å²) in [6.07, 6.45) is 4.17. The molecule has 0 unspecified atom stereocenters. The number of methoxy groups -OCH3 is 1. The van der Waals surface area contributed by atoms with Crippen LogP contribution in [0.4, 0.5) is 0 Å². The van der Waals surface area contributed by atoms with E-state index in [2.05, 4.69) is 32.6 Å². The van der Waals surface area contributed by atoms with Gasteiger partial charge in [0.15, 0.2) is 0 Å². The van der Waals surface area contributed by atoms with Crippen molar-refractivity contribution in [2.75, 3.05) is 13.7 Å². The van der Waals surface area contributed by atoms with E-state index in [0.717, 1.165) is 6.54 Å². The molecule has 0 radical (unpaired) electrons. The summed E-state index contributed by atoms with van der Waals surface area (Å²) < 4.78 is 4.71. The van der Waals surface area contributed by atoms with Gasteiger partial charge in [0.25, 0.3) is 0 Å². The monoisotopic (exact) mass is 227 g/mol. The van der Waals surface area contributed by atoms with Gasteiger partial charge in [0.05, 0.1) is 13.5 Å². The molecule has 1 heterocycles. The zero-order valence-electron chi connectivity index (χ0n) is 11.3. The van der Waals surface area contributed by atoms with Crippen molar-refractivity contribution in [2.24, 2.45) is 0 Å². The number of carbonyl (C=O) groups is 1. The summed E-state index contributed by atoms with van der Waals surface area (Å²) >= 11 is 0. The summed E-state index contributed by atoms with van der Waals surface area (Å²) in [5.74, 6) is -0.114.